The summed E-state index contributed by atoms with van der Waals surface area (Å²) in [6, 6.07) is 26.6. The summed E-state index contributed by atoms with van der Waals surface area (Å²) in [5.74, 6) is 1.42. The molecule has 0 radical (unpaired) electrons. The highest BCUT2D eigenvalue weighted by Gasteiger charge is 2.28. The molecule has 1 saturated heterocycles. The summed E-state index contributed by atoms with van der Waals surface area (Å²) in [5, 5.41) is 14.8. The Hall–Kier alpha value is -3.75. The third-order valence-electron chi connectivity index (χ3n) is 8.30. The third kappa shape index (κ3) is 5.27. The smallest absolute Gasteiger partial charge is 0.121 e. The lowest BCUT2D eigenvalue weighted by molar-refractivity contribution is 0.0256. The van der Waals surface area contributed by atoms with Crippen LogP contribution in [-0.2, 0) is 11.3 Å². The first-order valence-corrected chi connectivity index (χ1v) is 14.4. The predicted molar refractivity (Wildman–Crippen MR) is 157 cm³/mol. The van der Waals surface area contributed by atoms with E-state index in [1.807, 2.05) is 6.07 Å². The van der Waals surface area contributed by atoms with Gasteiger partial charge in [0.2, 0.25) is 0 Å². The largest absolute Gasteiger partial charge is 0.490 e. The van der Waals surface area contributed by atoms with Gasteiger partial charge in [-0.05, 0) is 66.1 Å². The maximum Gasteiger partial charge on any atom is 0.121 e. The topological polar surface area (TPSA) is 59.2 Å². The van der Waals surface area contributed by atoms with E-state index in [4.69, 9.17) is 9.47 Å². The van der Waals surface area contributed by atoms with Gasteiger partial charge in [-0.25, -0.2) is 0 Å². The summed E-state index contributed by atoms with van der Waals surface area (Å²) in [7, 11) is 0. The van der Waals surface area contributed by atoms with Crippen molar-refractivity contribution in [1.29, 1.82) is 5.26 Å². The Labute approximate surface area is 231 Å². The van der Waals surface area contributed by atoms with Crippen molar-refractivity contribution in [3.63, 3.8) is 0 Å². The minimum absolute atomic E-state index is 0.186. The quantitative estimate of drug-likeness (QED) is 0.255. The second kappa shape index (κ2) is 11.2. The van der Waals surface area contributed by atoms with Crippen molar-refractivity contribution in [3.8, 4) is 23.1 Å². The van der Waals surface area contributed by atoms with Crippen LogP contribution in [0, 0.1) is 11.3 Å². The number of nitrogens with zero attached hydrogens (tertiary/aromatic N) is 2. The molecule has 0 bridgehead atoms. The minimum atomic E-state index is 0.186. The molecule has 0 spiro atoms. The van der Waals surface area contributed by atoms with Crippen molar-refractivity contribution < 1.29 is 9.47 Å². The molecule has 6 rings (SSSR count). The molecule has 39 heavy (non-hydrogen) atoms. The lowest BCUT2D eigenvalue weighted by Gasteiger charge is -2.30. The highest BCUT2D eigenvalue weighted by molar-refractivity contribution is 5.95. The number of anilines is 1. The van der Waals surface area contributed by atoms with Crippen LogP contribution in [0.25, 0.3) is 22.2 Å². The van der Waals surface area contributed by atoms with Gasteiger partial charge in [0.15, 0.2) is 0 Å². The normalized spacial score (nSPS) is 16.3. The number of nitriles is 1. The highest BCUT2D eigenvalue weighted by atomic mass is 16.5. The van der Waals surface area contributed by atoms with E-state index in [-0.39, 0.29) is 6.10 Å². The Morgan fingerprint density at radius 2 is 1.72 bits per heavy atom. The molecular formula is C34H37N3O2. The van der Waals surface area contributed by atoms with Gasteiger partial charge >= 0.3 is 0 Å². The standard InChI is InChI=1S/C34H37N3O2/c1-23(2)25-8-6-24(7-9-25)22-36-27-12-10-26(11-13-27)34-32(21-35)31-15-14-30(39-29-16-18-38-19-17-29)20-33(31)37(34)28-4-3-5-28/h6-15,20,23,28-29,36H,3-5,16-19,22H2,1-2H3. The van der Waals surface area contributed by atoms with E-state index < -0.39 is 0 Å². The van der Waals surface area contributed by atoms with Gasteiger partial charge in [0, 0.05) is 42.6 Å². The summed E-state index contributed by atoms with van der Waals surface area (Å²) in [6.07, 6.45) is 5.53. The molecular weight excluding hydrogens is 482 g/mol. The molecule has 5 heteroatoms. The molecule has 1 N–H and O–H groups in total. The molecule has 3 aromatic carbocycles. The van der Waals surface area contributed by atoms with Crippen LogP contribution in [0.2, 0.25) is 0 Å². The van der Waals surface area contributed by atoms with Crippen LogP contribution >= 0.6 is 0 Å². The third-order valence-corrected chi connectivity index (χ3v) is 8.30. The van der Waals surface area contributed by atoms with E-state index >= 15 is 0 Å². The van der Waals surface area contributed by atoms with Gasteiger partial charge in [-0.1, -0.05) is 50.2 Å². The van der Waals surface area contributed by atoms with Crippen molar-refractivity contribution in [2.75, 3.05) is 18.5 Å². The average Bonchev–Trinajstić information content (AvgIpc) is 3.25. The molecule has 5 nitrogen and oxygen atoms in total. The first kappa shape index (κ1) is 25.5. The van der Waals surface area contributed by atoms with Crippen LogP contribution in [0.5, 0.6) is 5.75 Å². The van der Waals surface area contributed by atoms with Crippen LogP contribution in [-0.4, -0.2) is 23.9 Å². The summed E-state index contributed by atoms with van der Waals surface area (Å²) in [4.78, 5) is 0. The molecule has 4 aromatic rings. The fourth-order valence-corrected chi connectivity index (χ4v) is 5.74. The van der Waals surface area contributed by atoms with Gasteiger partial charge in [0.05, 0.1) is 30.0 Å². The summed E-state index contributed by atoms with van der Waals surface area (Å²) >= 11 is 0. The van der Waals surface area contributed by atoms with Crippen molar-refractivity contribution in [1.82, 2.24) is 4.57 Å². The van der Waals surface area contributed by atoms with Crippen LogP contribution in [0.1, 0.15) is 74.6 Å². The molecule has 0 amide bonds. The maximum atomic E-state index is 10.3. The monoisotopic (exact) mass is 519 g/mol. The fourth-order valence-electron chi connectivity index (χ4n) is 5.74. The van der Waals surface area contributed by atoms with Crippen molar-refractivity contribution in [3.05, 3.63) is 83.4 Å². The van der Waals surface area contributed by atoms with E-state index in [0.29, 0.717) is 12.0 Å². The van der Waals surface area contributed by atoms with Crippen LogP contribution < -0.4 is 10.1 Å². The number of aromatic nitrogens is 1. The van der Waals surface area contributed by atoms with Gasteiger partial charge in [0.1, 0.15) is 17.9 Å². The van der Waals surface area contributed by atoms with Crippen LogP contribution in [0.3, 0.4) is 0 Å². The number of nitrogens with one attached hydrogen (secondary N) is 1. The zero-order chi connectivity index (χ0) is 26.8. The average molecular weight is 520 g/mol. The highest BCUT2D eigenvalue weighted by Crippen LogP contribution is 2.43. The second-order valence-electron chi connectivity index (χ2n) is 11.2. The van der Waals surface area contributed by atoms with Gasteiger partial charge in [0.25, 0.3) is 0 Å². The number of rotatable bonds is 8. The van der Waals surface area contributed by atoms with Gasteiger partial charge in [-0.3, -0.25) is 0 Å². The van der Waals surface area contributed by atoms with Crippen LogP contribution in [0.15, 0.2) is 66.7 Å². The number of hydrogen-bond donors (Lipinski definition) is 1. The van der Waals surface area contributed by atoms with E-state index in [1.54, 1.807) is 0 Å². The van der Waals surface area contributed by atoms with Crippen molar-refractivity contribution in [2.24, 2.45) is 0 Å². The molecule has 200 valence electrons. The molecule has 0 unspecified atom stereocenters. The summed E-state index contributed by atoms with van der Waals surface area (Å²) < 4.78 is 14.3. The maximum absolute atomic E-state index is 10.3. The SMILES string of the molecule is CC(C)c1ccc(CNc2ccc(-c3c(C#N)c4ccc(OC5CCOCC5)cc4n3C3CCC3)cc2)cc1. The molecule has 0 atom stereocenters. The first-order chi connectivity index (χ1) is 19.1. The van der Waals surface area contributed by atoms with Crippen LogP contribution in [0.4, 0.5) is 5.69 Å². The molecule has 1 aliphatic carbocycles. The lowest BCUT2D eigenvalue weighted by atomic mass is 9.92. The Morgan fingerprint density at radius 1 is 0.974 bits per heavy atom. The molecule has 1 aromatic heterocycles. The number of fused-ring (bicyclic) bond motifs is 1. The molecule has 1 saturated carbocycles. The van der Waals surface area contributed by atoms with Gasteiger partial charge < -0.3 is 19.4 Å². The lowest BCUT2D eigenvalue weighted by Crippen LogP contribution is -2.25. The molecule has 1 aliphatic heterocycles. The Kier molecular flexibility index (Phi) is 7.30. The van der Waals surface area contributed by atoms with E-state index in [0.717, 1.165) is 84.6 Å². The number of benzene rings is 3. The first-order valence-electron chi connectivity index (χ1n) is 14.4. The second-order valence-corrected chi connectivity index (χ2v) is 11.2. The zero-order valence-electron chi connectivity index (χ0n) is 23.0. The predicted octanol–water partition coefficient (Wildman–Crippen LogP) is 8.20. The number of hydrogen-bond acceptors (Lipinski definition) is 4. The fraction of sp³-hybridized carbons (Fsp3) is 0.382. The van der Waals surface area contributed by atoms with Gasteiger partial charge in [-0.15, -0.1) is 0 Å². The van der Waals surface area contributed by atoms with Gasteiger partial charge in [-0.2, -0.15) is 5.26 Å². The number of ether oxygens (including phenoxy) is 2. The van der Waals surface area contributed by atoms with Crippen molar-refractivity contribution >= 4 is 16.6 Å². The Balaban J connectivity index is 1.28. The summed E-state index contributed by atoms with van der Waals surface area (Å²) in [6.45, 7) is 6.72. The van der Waals surface area contributed by atoms with E-state index in [1.165, 1.54) is 17.5 Å². The molecule has 2 fully saturated rings. The minimum Gasteiger partial charge on any atom is -0.490 e. The molecule has 2 aliphatic rings. The Morgan fingerprint density at radius 3 is 2.36 bits per heavy atom. The molecule has 2 heterocycles. The Bertz CT molecular complexity index is 1470. The summed E-state index contributed by atoms with van der Waals surface area (Å²) in [5.41, 5.74) is 7.65. The van der Waals surface area contributed by atoms with Crippen molar-refractivity contribution in [2.45, 2.75) is 70.6 Å². The van der Waals surface area contributed by atoms with E-state index in [2.05, 4.69) is 90.5 Å². The zero-order valence-corrected chi connectivity index (χ0v) is 23.0. The van der Waals surface area contributed by atoms with E-state index in [9.17, 15) is 5.26 Å².